The summed E-state index contributed by atoms with van der Waals surface area (Å²) in [6, 6.07) is 5.19. The van der Waals surface area contributed by atoms with E-state index in [4.69, 9.17) is 23.7 Å². The number of Topliss-reactive ketones (excluding diaryl/α,β-unsaturated/α-hetero) is 1. The summed E-state index contributed by atoms with van der Waals surface area (Å²) >= 11 is 0. The smallest absolute Gasteiger partial charge is 0.336 e. The summed E-state index contributed by atoms with van der Waals surface area (Å²) in [4.78, 5) is 39.7. The van der Waals surface area contributed by atoms with Gasteiger partial charge in [0.05, 0.1) is 39.4 Å². The van der Waals surface area contributed by atoms with Gasteiger partial charge in [-0.1, -0.05) is 6.92 Å². The minimum absolute atomic E-state index is 0.0626. The Hall–Kier alpha value is -3.33. The third-order valence-electron chi connectivity index (χ3n) is 6.38. The van der Waals surface area contributed by atoms with Crippen LogP contribution in [0.5, 0.6) is 11.5 Å². The number of carbonyl (C=O) groups excluding carboxylic acids is 3. The SMILES string of the molecule is CCOCCOC(=O)C1=C(C)NC2=C(C(=O)[C@H](C(=O)OC)[C@H](C)C2)[C@@H]1c1cc(OC)ccc1OC. The number of rotatable bonds is 9. The van der Waals surface area contributed by atoms with Gasteiger partial charge in [0.15, 0.2) is 5.78 Å². The van der Waals surface area contributed by atoms with Crippen LogP contribution in [-0.4, -0.2) is 58.9 Å². The first kappa shape index (κ1) is 26.3. The van der Waals surface area contributed by atoms with Crippen LogP contribution in [-0.2, 0) is 28.6 Å². The minimum atomic E-state index is -0.978. The average Bonchev–Trinajstić information content (AvgIpc) is 2.84. The average molecular weight is 488 g/mol. The van der Waals surface area contributed by atoms with Gasteiger partial charge >= 0.3 is 11.9 Å². The number of nitrogens with one attached hydrogen (secondary N) is 1. The predicted molar refractivity (Wildman–Crippen MR) is 127 cm³/mol. The topological polar surface area (TPSA) is 109 Å². The van der Waals surface area contributed by atoms with E-state index < -0.39 is 23.8 Å². The molecule has 0 saturated heterocycles. The Labute approximate surface area is 205 Å². The molecule has 0 spiro atoms. The van der Waals surface area contributed by atoms with Crippen LogP contribution in [0.2, 0.25) is 0 Å². The van der Waals surface area contributed by atoms with Crippen LogP contribution in [0.4, 0.5) is 0 Å². The number of benzene rings is 1. The third-order valence-corrected chi connectivity index (χ3v) is 6.38. The van der Waals surface area contributed by atoms with Gasteiger partial charge in [-0.2, -0.15) is 0 Å². The molecule has 1 N–H and O–H groups in total. The first-order valence-electron chi connectivity index (χ1n) is 11.6. The highest BCUT2D eigenvalue weighted by Gasteiger charge is 2.48. The molecule has 3 rings (SSSR count). The molecule has 1 aliphatic heterocycles. The van der Waals surface area contributed by atoms with Gasteiger partial charge in [0.1, 0.15) is 24.0 Å². The molecule has 0 amide bonds. The Morgan fingerprint density at radius 2 is 1.86 bits per heavy atom. The minimum Gasteiger partial charge on any atom is -0.497 e. The number of ether oxygens (including phenoxy) is 5. The highest BCUT2D eigenvalue weighted by atomic mass is 16.6. The Bertz CT molecular complexity index is 1060. The number of methoxy groups -OCH3 is 3. The number of hydrogen-bond donors (Lipinski definition) is 1. The van der Waals surface area contributed by atoms with Crippen molar-refractivity contribution in [1.29, 1.82) is 0 Å². The Morgan fingerprint density at radius 3 is 2.49 bits per heavy atom. The summed E-state index contributed by atoms with van der Waals surface area (Å²) in [6.45, 7) is 6.28. The van der Waals surface area contributed by atoms with Gasteiger partial charge in [-0.15, -0.1) is 0 Å². The van der Waals surface area contributed by atoms with Crippen LogP contribution in [0.1, 0.15) is 38.7 Å². The van der Waals surface area contributed by atoms with Crippen molar-refractivity contribution in [1.82, 2.24) is 5.32 Å². The van der Waals surface area contributed by atoms with E-state index in [9.17, 15) is 14.4 Å². The molecule has 1 aromatic carbocycles. The quantitative estimate of drug-likeness (QED) is 0.319. The van der Waals surface area contributed by atoms with E-state index in [1.165, 1.54) is 21.3 Å². The van der Waals surface area contributed by atoms with E-state index in [0.29, 0.717) is 47.1 Å². The van der Waals surface area contributed by atoms with E-state index in [0.717, 1.165) is 0 Å². The highest BCUT2D eigenvalue weighted by Crippen LogP contribution is 2.48. The molecule has 0 fully saturated rings. The standard InChI is InChI=1S/C26H33NO8/c1-7-34-10-11-35-26(30)21-15(3)27-18-12-14(2)20(25(29)33-6)24(28)23(18)22(21)17-13-16(31-4)8-9-19(17)32-5/h8-9,13-14,20,22,27H,7,10-12H2,1-6H3/t14-,20-,22-/m1/s1. The molecule has 190 valence electrons. The second kappa shape index (κ2) is 11.4. The van der Waals surface area contributed by atoms with Crippen LogP contribution < -0.4 is 14.8 Å². The second-order valence-electron chi connectivity index (χ2n) is 8.48. The molecular formula is C26H33NO8. The molecule has 1 heterocycles. The number of hydrogen-bond acceptors (Lipinski definition) is 9. The molecule has 0 unspecified atom stereocenters. The maximum atomic E-state index is 13.8. The monoisotopic (exact) mass is 487 g/mol. The fourth-order valence-electron chi connectivity index (χ4n) is 4.74. The lowest BCUT2D eigenvalue weighted by molar-refractivity contribution is -0.151. The maximum absolute atomic E-state index is 13.8. The van der Waals surface area contributed by atoms with E-state index in [-0.39, 0.29) is 30.5 Å². The Kier molecular flexibility index (Phi) is 8.56. The summed E-state index contributed by atoms with van der Waals surface area (Å²) in [5.41, 5.74) is 2.38. The Balaban J connectivity index is 2.17. The van der Waals surface area contributed by atoms with Gasteiger partial charge in [0.2, 0.25) is 0 Å². The molecule has 3 atom stereocenters. The van der Waals surface area contributed by atoms with Gasteiger partial charge in [0, 0.05) is 29.1 Å². The fraction of sp³-hybridized carbons (Fsp3) is 0.500. The first-order valence-corrected chi connectivity index (χ1v) is 11.6. The number of carbonyl (C=O) groups is 3. The zero-order valence-corrected chi connectivity index (χ0v) is 21.1. The van der Waals surface area contributed by atoms with Gasteiger partial charge in [-0.05, 0) is 44.4 Å². The zero-order valence-electron chi connectivity index (χ0n) is 21.1. The summed E-state index contributed by atoms with van der Waals surface area (Å²) in [7, 11) is 4.31. The van der Waals surface area contributed by atoms with Crippen molar-refractivity contribution in [3.8, 4) is 11.5 Å². The number of allylic oxidation sites excluding steroid dienone is 3. The van der Waals surface area contributed by atoms with Gasteiger partial charge in [-0.25, -0.2) is 4.79 Å². The lowest BCUT2D eigenvalue weighted by atomic mass is 9.69. The highest BCUT2D eigenvalue weighted by molar-refractivity contribution is 6.12. The molecule has 9 heteroatoms. The molecule has 9 nitrogen and oxygen atoms in total. The van der Waals surface area contributed by atoms with Gasteiger partial charge in [-0.3, -0.25) is 9.59 Å². The van der Waals surface area contributed by atoms with Crippen molar-refractivity contribution in [2.45, 2.75) is 33.1 Å². The summed E-state index contributed by atoms with van der Waals surface area (Å²) in [5.74, 6) is -2.66. The largest absolute Gasteiger partial charge is 0.497 e. The van der Waals surface area contributed by atoms with E-state index in [1.54, 1.807) is 25.1 Å². The lowest BCUT2D eigenvalue weighted by Gasteiger charge is -2.38. The summed E-state index contributed by atoms with van der Waals surface area (Å²) < 4.78 is 26.8. The number of ketones is 1. The molecule has 35 heavy (non-hydrogen) atoms. The van der Waals surface area contributed by atoms with Gasteiger partial charge < -0.3 is 29.0 Å². The van der Waals surface area contributed by atoms with E-state index >= 15 is 0 Å². The predicted octanol–water partition coefficient (Wildman–Crippen LogP) is 2.90. The molecule has 1 aliphatic carbocycles. The number of esters is 2. The van der Waals surface area contributed by atoms with Crippen molar-refractivity contribution in [3.05, 3.63) is 46.3 Å². The van der Waals surface area contributed by atoms with Crippen molar-refractivity contribution >= 4 is 17.7 Å². The van der Waals surface area contributed by atoms with Crippen LogP contribution in [0.15, 0.2) is 40.7 Å². The lowest BCUT2D eigenvalue weighted by Crippen LogP contribution is -2.43. The molecule has 0 bridgehead atoms. The molecule has 0 saturated carbocycles. The van der Waals surface area contributed by atoms with Crippen molar-refractivity contribution in [3.63, 3.8) is 0 Å². The molecule has 0 radical (unpaired) electrons. The summed E-state index contributed by atoms with van der Waals surface area (Å²) in [6.07, 6.45) is 0.438. The van der Waals surface area contributed by atoms with E-state index in [1.807, 2.05) is 13.8 Å². The van der Waals surface area contributed by atoms with Gasteiger partial charge in [0.25, 0.3) is 0 Å². The van der Waals surface area contributed by atoms with Crippen LogP contribution in [0, 0.1) is 11.8 Å². The third kappa shape index (κ3) is 5.19. The normalized spacial score (nSPS) is 21.8. The van der Waals surface area contributed by atoms with Crippen LogP contribution >= 0.6 is 0 Å². The van der Waals surface area contributed by atoms with Crippen molar-refractivity contribution in [2.75, 3.05) is 41.2 Å². The fourth-order valence-corrected chi connectivity index (χ4v) is 4.74. The summed E-state index contributed by atoms with van der Waals surface area (Å²) in [5, 5.41) is 3.24. The van der Waals surface area contributed by atoms with Crippen LogP contribution in [0.3, 0.4) is 0 Å². The Morgan fingerprint density at radius 1 is 1.11 bits per heavy atom. The van der Waals surface area contributed by atoms with Crippen molar-refractivity contribution < 1.29 is 38.1 Å². The zero-order chi connectivity index (χ0) is 25.7. The van der Waals surface area contributed by atoms with Crippen LogP contribution in [0.25, 0.3) is 0 Å². The van der Waals surface area contributed by atoms with Crippen molar-refractivity contribution in [2.24, 2.45) is 11.8 Å². The maximum Gasteiger partial charge on any atom is 0.336 e. The molecule has 1 aromatic rings. The molecule has 2 aliphatic rings. The second-order valence-corrected chi connectivity index (χ2v) is 8.48. The molecular weight excluding hydrogens is 454 g/mol. The number of dihydropyridines is 1. The molecule has 0 aromatic heterocycles. The van der Waals surface area contributed by atoms with E-state index in [2.05, 4.69) is 5.32 Å². The first-order chi connectivity index (χ1) is 16.8.